The molecule has 3 rings (SSSR count). The lowest BCUT2D eigenvalue weighted by atomic mass is 9.87. The van der Waals surface area contributed by atoms with Crippen molar-refractivity contribution in [3.05, 3.63) is 58.8 Å². The summed E-state index contributed by atoms with van der Waals surface area (Å²) in [5.74, 6) is 0.743. The summed E-state index contributed by atoms with van der Waals surface area (Å²) < 4.78 is 5.37. The van der Waals surface area contributed by atoms with Gasteiger partial charge in [0, 0.05) is 10.6 Å². The average Bonchev–Trinajstić information content (AvgIpc) is 3.22. The maximum absolute atomic E-state index is 12.2. The van der Waals surface area contributed by atoms with E-state index in [2.05, 4.69) is 36.4 Å². The van der Waals surface area contributed by atoms with E-state index >= 15 is 0 Å². The number of carbonyl (C=O) groups is 1. The summed E-state index contributed by atoms with van der Waals surface area (Å²) in [6, 6.07) is 11.4. The molecule has 0 aliphatic heterocycles. The zero-order chi connectivity index (χ0) is 18.7. The number of hydrogen-bond donors (Lipinski definition) is 2. The lowest BCUT2D eigenvalue weighted by Gasteiger charge is -2.19. The van der Waals surface area contributed by atoms with Crippen LogP contribution in [0.4, 0.5) is 10.5 Å². The molecule has 2 N–H and O–H groups in total. The third kappa shape index (κ3) is 4.32. The number of nitrogens with zero attached hydrogens (tertiary/aromatic N) is 1. The Hall–Kier alpha value is -2.60. The minimum Gasteiger partial charge on any atom is -0.462 e. The normalized spacial score (nSPS) is 11.4. The molecule has 0 saturated carbocycles. The summed E-state index contributed by atoms with van der Waals surface area (Å²) in [5, 5.41) is 6.56. The van der Waals surface area contributed by atoms with Crippen LogP contribution in [-0.2, 0) is 12.0 Å². The second kappa shape index (κ2) is 7.33. The van der Waals surface area contributed by atoms with Gasteiger partial charge < -0.3 is 15.1 Å². The van der Waals surface area contributed by atoms with Crippen LogP contribution in [0.1, 0.15) is 36.9 Å². The SMILES string of the molecule is Cc1nc(-c2ccco2)sc1CNC(=O)Nc1ccc(C(C)(C)C)cc1. The number of anilines is 1. The van der Waals surface area contributed by atoms with Gasteiger partial charge in [0.1, 0.15) is 0 Å². The van der Waals surface area contributed by atoms with Gasteiger partial charge in [-0.25, -0.2) is 9.78 Å². The van der Waals surface area contributed by atoms with E-state index < -0.39 is 0 Å². The number of thiazole rings is 1. The molecule has 0 bridgehead atoms. The summed E-state index contributed by atoms with van der Waals surface area (Å²) in [6.07, 6.45) is 1.63. The topological polar surface area (TPSA) is 67.2 Å². The lowest BCUT2D eigenvalue weighted by molar-refractivity contribution is 0.252. The first-order valence-electron chi connectivity index (χ1n) is 8.48. The van der Waals surface area contributed by atoms with Gasteiger partial charge in [0.2, 0.25) is 0 Å². The van der Waals surface area contributed by atoms with Crippen LogP contribution >= 0.6 is 11.3 Å². The molecule has 0 spiro atoms. The number of aromatic nitrogens is 1. The number of nitrogens with one attached hydrogen (secondary N) is 2. The molecule has 0 radical (unpaired) electrons. The zero-order valence-electron chi connectivity index (χ0n) is 15.4. The Kier molecular flexibility index (Phi) is 5.13. The molecule has 136 valence electrons. The van der Waals surface area contributed by atoms with Gasteiger partial charge in [-0.3, -0.25) is 0 Å². The molecule has 0 saturated heterocycles. The van der Waals surface area contributed by atoms with Crippen LogP contribution in [0.25, 0.3) is 10.8 Å². The highest BCUT2D eigenvalue weighted by Gasteiger charge is 2.14. The van der Waals surface area contributed by atoms with Crippen molar-refractivity contribution in [3.8, 4) is 10.8 Å². The Bertz CT molecular complexity index is 875. The van der Waals surface area contributed by atoms with E-state index in [1.807, 2.05) is 43.3 Å². The van der Waals surface area contributed by atoms with Crippen LogP contribution in [-0.4, -0.2) is 11.0 Å². The summed E-state index contributed by atoms with van der Waals surface area (Å²) in [7, 11) is 0. The van der Waals surface area contributed by atoms with Crippen molar-refractivity contribution in [2.24, 2.45) is 0 Å². The van der Waals surface area contributed by atoms with Crippen LogP contribution in [0, 0.1) is 6.92 Å². The van der Waals surface area contributed by atoms with Crippen molar-refractivity contribution in [1.82, 2.24) is 10.3 Å². The van der Waals surface area contributed by atoms with Gasteiger partial charge in [-0.1, -0.05) is 32.9 Å². The predicted molar refractivity (Wildman–Crippen MR) is 106 cm³/mol. The van der Waals surface area contributed by atoms with Gasteiger partial charge in [-0.15, -0.1) is 11.3 Å². The Labute approximate surface area is 157 Å². The fourth-order valence-corrected chi connectivity index (χ4v) is 3.46. The highest BCUT2D eigenvalue weighted by atomic mass is 32.1. The minimum atomic E-state index is -0.235. The van der Waals surface area contributed by atoms with Crippen molar-refractivity contribution in [3.63, 3.8) is 0 Å². The fourth-order valence-electron chi connectivity index (χ4n) is 2.49. The maximum atomic E-state index is 12.2. The minimum absolute atomic E-state index is 0.0934. The van der Waals surface area contributed by atoms with Crippen LogP contribution in [0.2, 0.25) is 0 Å². The van der Waals surface area contributed by atoms with Gasteiger partial charge in [0.05, 0.1) is 18.5 Å². The molecule has 5 nitrogen and oxygen atoms in total. The van der Waals surface area contributed by atoms with Gasteiger partial charge in [-0.05, 0) is 42.2 Å². The second-order valence-electron chi connectivity index (χ2n) is 7.14. The van der Waals surface area contributed by atoms with E-state index in [9.17, 15) is 4.79 Å². The molecule has 0 aliphatic rings. The molecular weight excluding hydrogens is 346 g/mol. The van der Waals surface area contributed by atoms with Crippen LogP contribution in [0.3, 0.4) is 0 Å². The van der Waals surface area contributed by atoms with Gasteiger partial charge in [-0.2, -0.15) is 0 Å². The molecule has 6 heteroatoms. The molecule has 2 heterocycles. The molecule has 26 heavy (non-hydrogen) atoms. The second-order valence-corrected chi connectivity index (χ2v) is 8.22. The van der Waals surface area contributed by atoms with Crippen molar-refractivity contribution in [1.29, 1.82) is 0 Å². The average molecular weight is 369 g/mol. The number of amides is 2. The first-order valence-corrected chi connectivity index (χ1v) is 9.30. The summed E-state index contributed by atoms with van der Waals surface area (Å²) in [4.78, 5) is 17.7. The molecule has 0 atom stereocenters. The third-order valence-corrected chi connectivity index (χ3v) is 5.21. The largest absolute Gasteiger partial charge is 0.462 e. The molecule has 3 aromatic rings. The number of furan rings is 1. The third-order valence-electron chi connectivity index (χ3n) is 4.04. The van der Waals surface area contributed by atoms with E-state index in [0.717, 1.165) is 27.0 Å². The number of urea groups is 1. The van der Waals surface area contributed by atoms with E-state index in [1.54, 1.807) is 6.26 Å². The summed E-state index contributed by atoms with van der Waals surface area (Å²) >= 11 is 1.52. The highest BCUT2D eigenvalue weighted by Crippen LogP contribution is 2.28. The Morgan fingerprint density at radius 2 is 1.92 bits per heavy atom. The molecule has 2 amide bonds. The van der Waals surface area contributed by atoms with E-state index in [0.29, 0.717) is 6.54 Å². The smallest absolute Gasteiger partial charge is 0.319 e. The summed E-state index contributed by atoms with van der Waals surface area (Å²) in [6.45, 7) is 8.85. The van der Waals surface area contributed by atoms with Crippen LogP contribution in [0.5, 0.6) is 0 Å². The first-order chi connectivity index (χ1) is 12.3. The van der Waals surface area contributed by atoms with Crippen molar-refractivity contribution in [2.45, 2.75) is 39.7 Å². The quantitative estimate of drug-likeness (QED) is 0.653. The first kappa shape index (κ1) is 18.2. The Morgan fingerprint density at radius 3 is 2.54 bits per heavy atom. The molecular formula is C20H23N3O2S. The van der Waals surface area contributed by atoms with Crippen LogP contribution in [0.15, 0.2) is 47.1 Å². The molecule has 1 aromatic carbocycles. The number of carbonyl (C=O) groups excluding carboxylic acids is 1. The molecule has 0 unspecified atom stereocenters. The fraction of sp³-hybridized carbons (Fsp3) is 0.300. The van der Waals surface area contributed by atoms with E-state index in [-0.39, 0.29) is 11.4 Å². The van der Waals surface area contributed by atoms with Gasteiger partial charge in [0.25, 0.3) is 0 Å². The van der Waals surface area contributed by atoms with Gasteiger partial charge in [0.15, 0.2) is 10.8 Å². The Balaban J connectivity index is 1.58. The lowest BCUT2D eigenvalue weighted by Crippen LogP contribution is -2.28. The molecule has 2 aromatic heterocycles. The maximum Gasteiger partial charge on any atom is 0.319 e. The molecule has 0 fully saturated rings. The number of rotatable bonds is 4. The van der Waals surface area contributed by atoms with Crippen molar-refractivity contribution >= 4 is 23.1 Å². The monoisotopic (exact) mass is 369 g/mol. The number of benzene rings is 1. The van der Waals surface area contributed by atoms with E-state index in [4.69, 9.17) is 4.42 Å². The standard InChI is InChI=1S/C20H23N3O2S/c1-13-17(26-18(22-13)16-6-5-11-25-16)12-21-19(24)23-15-9-7-14(8-10-15)20(2,3)4/h5-11H,12H2,1-4H3,(H2,21,23,24). The predicted octanol–water partition coefficient (Wildman–Crippen LogP) is 5.33. The Morgan fingerprint density at radius 1 is 1.19 bits per heavy atom. The number of hydrogen-bond acceptors (Lipinski definition) is 4. The van der Waals surface area contributed by atoms with Crippen LogP contribution < -0.4 is 10.6 Å². The summed E-state index contributed by atoms with van der Waals surface area (Å²) in [5.41, 5.74) is 2.99. The van der Waals surface area contributed by atoms with Crippen molar-refractivity contribution in [2.75, 3.05) is 5.32 Å². The molecule has 0 aliphatic carbocycles. The van der Waals surface area contributed by atoms with Crippen molar-refractivity contribution < 1.29 is 9.21 Å². The van der Waals surface area contributed by atoms with E-state index in [1.165, 1.54) is 16.9 Å². The number of aryl methyl sites for hydroxylation is 1. The van der Waals surface area contributed by atoms with Gasteiger partial charge >= 0.3 is 6.03 Å². The highest BCUT2D eigenvalue weighted by molar-refractivity contribution is 7.15. The zero-order valence-corrected chi connectivity index (χ0v) is 16.2.